The number of methoxy groups -OCH3 is 1. The molecule has 0 unspecified atom stereocenters. The fourth-order valence-electron chi connectivity index (χ4n) is 2.17. The van der Waals surface area contributed by atoms with E-state index in [0.29, 0.717) is 36.9 Å². The average Bonchev–Trinajstić information content (AvgIpc) is 2.97. The van der Waals surface area contributed by atoms with E-state index in [0.717, 1.165) is 0 Å². The number of aliphatic imine (C=N–C) groups is 1. The van der Waals surface area contributed by atoms with Crippen molar-refractivity contribution >= 4 is 63.8 Å². The molecule has 1 N–H and O–H groups in total. The van der Waals surface area contributed by atoms with Crippen LogP contribution in [-0.2, 0) is 9.53 Å². The van der Waals surface area contributed by atoms with Crippen molar-refractivity contribution in [2.75, 3.05) is 7.11 Å². The number of hydrogen-bond donors (Lipinski definition) is 1. The van der Waals surface area contributed by atoms with Crippen molar-refractivity contribution in [2.45, 2.75) is 0 Å². The summed E-state index contributed by atoms with van der Waals surface area (Å²) in [4.78, 5) is 28.4. The zero-order valence-electron chi connectivity index (χ0n) is 13.5. The van der Waals surface area contributed by atoms with Crippen LogP contribution in [0.5, 0.6) is 0 Å². The Morgan fingerprint density at radius 1 is 1.15 bits per heavy atom. The Balaban J connectivity index is 1.82. The molecule has 26 heavy (non-hydrogen) atoms. The molecule has 1 aliphatic heterocycles. The van der Waals surface area contributed by atoms with Gasteiger partial charge in [0.1, 0.15) is 0 Å². The lowest BCUT2D eigenvalue weighted by molar-refractivity contribution is -0.115. The molecule has 0 saturated carbocycles. The van der Waals surface area contributed by atoms with Crippen molar-refractivity contribution in [3.05, 3.63) is 68.5 Å². The minimum Gasteiger partial charge on any atom is -0.465 e. The van der Waals surface area contributed by atoms with Gasteiger partial charge < -0.3 is 10.1 Å². The number of hydrogen-bond acceptors (Lipinski definition) is 5. The van der Waals surface area contributed by atoms with Crippen LogP contribution in [0.4, 0.5) is 5.69 Å². The van der Waals surface area contributed by atoms with Crippen LogP contribution in [0.25, 0.3) is 6.08 Å². The van der Waals surface area contributed by atoms with Gasteiger partial charge in [-0.05, 0) is 54.2 Å². The smallest absolute Gasteiger partial charge is 0.337 e. The molecule has 3 rings (SSSR count). The molecule has 0 aliphatic carbocycles. The van der Waals surface area contributed by atoms with Gasteiger partial charge in [0, 0.05) is 15.6 Å². The van der Waals surface area contributed by atoms with E-state index in [1.165, 1.54) is 18.9 Å². The fourth-order valence-corrected chi connectivity index (χ4v) is 3.50. The molecule has 2 aromatic carbocycles. The van der Waals surface area contributed by atoms with E-state index in [1.807, 2.05) is 0 Å². The SMILES string of the molecule is COC(=O)c1ccc(N=C2NC(=O)/C(=C/c3c(Cl)cccc3Cl)S2)cc1. The number of ether oxygens (including phenoxy) is 1. The summed E-state index contributed by atoms with van der Waals surface area (Å²) in [5.74, 6) is -0.703. The lowest BCUT2D eigenvalue weighted by Crippen LogP contribution is -2.19. The molecule has 1 heterocycles. The maximum atomic E-state index is 12.2. The van der Waals surface area contributed by atoms with Gasteiger partial charge in [-0.1, -0.05) is 29.3 Å². The summed E-state index contributed by atoms with van der Waals surface area (Å²) in [7, 11) is 1.32. The first kappa shape index (κ1) is 18.5. The van der Waals surface area contributed by atoms with Crippen molar-refractivity contribution in [3.8, 4) is 0 Å². The van der Waals surface area contributed by atoms with Crippen LogP contribution < -0.4 is 5.32 Å². The third kappa shape index (κ3) is 4.09. The van der Waals surface area contributed by atoms with E-state index in [-0.39, 0.29) is 5.91 Å². The van der Waals surface area contributed by atoms with Crippen LogP contribution in [0.3, 0.4) is 0 Å². The summed E-state index contributed by atoms with van der Waals surface area (Å²) in [6, 6.07) is 11.7. The highest BCUT2D eigenvalue weighted by atomic mass is 35.5. The molecule has 0 atom stereocenters. The summed E-state index contributed by atoms with van der Waals surface area (Å²) < 4.78 is 4.65. The molecule has 1 aliphatic rings. The molecule has 1 saturated heterocycles. The first-order chi connectivity index (χ1) is 12.5. The highest BCUT2D eigenvalue weighted by Gasteiger charge is 2.24. The lowest BCUT2D eigenvalue weighted by atomic mass is 10.2. The second kappa shape index (κ2) is 7.95. The number of carbonyl (C=O) groups excluding carboxylic acids is 2. The predicted octanol–water partition coefficient (Wildman–Crippen LogP) is 4.67. The second-order valence-electron chi connectivity index (χ2n) is 5.16. The second-order valence-corrected chi connectivity index (χ2v) is 7.00. The van der Waals surface area contributed by atoms with Crippen molar-refractivity contribution in [1.82, 2.24) is 5.32 Å². The maximum Gasteiger partial charge on any atom is 0.337 e. The van der Waals surface area contributed by atoms with Crippen LogP contribution in [0.15, 0.2) is 52.4 Å². The quantitative estimate of drug-likeness (QED) is 0.593. The minimum absolute atomic E-state index is 0.282. The normalized spacial score (nSPS) is 16.8. The largest absolute Gasteiger partial charge is 0.465 e. The number of thioether (sulfide) groups is 1. The maximum absolute atomic E-state index is 12.2. The molecular weight excluding hydrogens is 395 g/mol. The summed E-state index contributed by atoms with van der Waals surface area (Å²) in [5.41, 5.74) is 1.60. The Bertz CT molecular complexity index is 920. The lowest BCUT2D eigenvalue weighted by Gasteiger charge is -2.01. The molecular formula is C18H12Cl2N2O3S. The molecule has 1 fully saturated rings. The Kier molecular flexibility index (Phi) is 5.66. The molecule has 0 bridgehead atoms. The number of amides is 1. The van der Waals surface area contributed by atoms with Gasteiger partial charge in [0.25, 0.3) is 5.91 Å². The number of nitrogens with one attached hydrogen (secondary N) is 1. The fraction of sp³-hybridized carbons (Fsp3) is 0.0556. The average molecular weight is 407 g/mol. The Labute approximate surface area is 164 Å². The van der Waals surface area contributed by atoms with E-state index in [4.69, 9.17) is 23.2 Å². The number of halogens is 2. The zero-order chi connectivity index (χ0) is 18.7. The summed E-state index contributed by atoms with van der Waals surface area (Å²) >= 11 is 13.5. The molecule has 8 heteroatoms. The Morgan fingerprint density at radius 2 is 1.81 bits per heavy atom. The summed E-state index contributed by atoms with van der Waals surface area (Å²) in [6.45, 7) is 0. The summed E-state index contributed by atoms with van der Waals surface area (Å²) in [5, 5.41) is 4.03. The van der Waals surface area contributed by atoms with Gasteiger partial charge in [0.05, 0.1) is 23.3 Å². The van der Waals surface area contributed by atoms with Crippen molar-refractivity contribution in [3.63, 3.8) is 0 Å². The minimum atomic E-state index is -0.422. The van der Waals surface area contributed by atoms with Gasteiger partial charge in [-0.25, -0.2) is 9.79 Å². The van der Waals surface area contributed by atoms with E-state index >= 15 is 0 Å². The number of carbonyl (C=O) groups is 2. The first-order valence-corrected chi connectivity index (χ1v) is 8.97. The van der Waals surface area contributed by atoms with Gasteiger partial charge in [-0.2, -0.15) is 0 Å². The molecule has 1 amide bonds. The van der Waals surface area contributed by atoms with Gasteiger partial charge in [-0.3, -0.25) is 4.79 Å². The monoisotopic (exact) mass is 406 g/mol. The number of amidine groups is 1. The zero-order valence-corrected chi connectivity index (χ0v) is 15.8. The highest BCUT2D eigenvalue weighted by molar-refractivity contribution is 8.18. The van der Waals surface area contributed by atoms with E-state index < -0.39 is 5.97 Å². The summed E-state index contributed by atoms with van der Waals surface area (Å²) in [6.07, 6.45) is 1.63. The third-order valence-electron chi connectivity index (χ3n) is 3.45. The van der Waals surface area contributed by atoms with Crippen LogP contribution >= 0.6 is 35.0 Å². The molecule has 0 radical (unpaired) electrons. The van der Waals surface area contributed by atoms with Crippen molar-refractivity contribution < 1.29 is 14.3 Å². The molecule has 132 valence electrons. The van der Waals surface area contributed by atoms with E-state index in [1.54, 1.807) is 48.5 Å². The van der Waals surface area contributed by atoms with E-state index in [9.17, 15) is 9.59 Å². The molecule has 0 aromatic heterocycles. The van der Waals surface area contributed by atoms with Crippen LogP contribution in [0.2, 0.25) is 10.0 Å². The first-order valence-electron chi connectivity index (χ1n) is 7.40. The molecule has 0 spiro atoms. The van der Waals surface area contributed by atoms with E-state index in [2.05, 4.69) is 15.0 Å². The van der Waals surface area contributed by atoms with Crippen LogP contribution in [0, 0.1) is 0 Å². The number of benzene rings is 2. The van der Waals surface area contributed by atoms with Crippen LogP contribution in [-0.4, -0.2) is 24.2 Å². The van der Waals surface area contributed by atoms with Gasteiger partial charge in [0.15, 0.2) is 5.17 Å². The Morgan fingerprint density at radius 3 is 2.42 bits per heavy atom. The predicted molar refractivity (Wildman–Crippen MR) is 105 cm³/mol. The highest BCUT2D eigenvalue weighted by Crippen LogP contribution is 2.32. The van der Waals surface area contributed by atoms with Crippen molar-refractivity contribution in [2.24, 2.45) is 4.99 Å². The molecule has 5 nitrogen and oxygen atoms in total. The van der Waals surface area contributed by atoms with Gasteiger partial charge in [-0.15, -0.1) is 0 Å². The number of nitrogens with zero attached hydrogens (tertiary/aromatic N) is 1. The third-order valence-corrected chi connectivity index (χ3v) is 5.01. The number of rotatable bonds is 3. The van der Waals surface area contributed by atoms with Gasteiger partial charge in [0.2, 0.25) is 0 Å². The van der Waals surface area contributed by atoms with Gasteiger partial charge >= 0.3 is 5.97 Å². The number of esters is 1. The molecule has 2 aromatic rings. The Hall–Kier alpha value is -2.28. The topological polar surface area (TPSA) is 67.8 Å². The van der Waals surface area contributed by atoms with Crippen LogP contribution in [0.1, 0.15) is 15.9 Å². The standard InChI is InChI=1S/C18H12Cl2N2O3S/c1-25-17(24)10-5-7-11(8-6-10)21-18-22-16(23)15(26-18)9-12-13(19)3-2-4-14(12)20/h2-9H,1H3,(H,21,22,23)/b15-9-. The van der Waals surface area contributed by atoms with Crippen molar-refractivity contribution in [1.29, 1.82) is 0 Å².